The summed E-state index contributed by atoms with van der Waals surface area (Å²) in [5, 5.41) is 0. The summed E-state index contributed by atoms with van der Waals surface area (Å²) in [4.78, 5) is 15.0. The molecule has 1 aromatic rings. The number of nitrogens with two attached hydrogens (primary N) is 1. The van der Waals surface area contributed by atoms with E-state index < -0.39 is 18.7 Å². The predicted molar refractivity (Wildman–Crippen MR) is 53.8 cm³/mol. The summed E-state index contributed by atoms with van der Waals surface area (Å²) >= 11 is 0. The molecule has 0 saturated heterocycles. The molecule has 1 amide bonds. The number of primary amides is 1. The van der Waals surface area contributed by atoms with Crippen LogP contribution in [0.2, 0.25) is 0 Å². The van der Waals surface area contributed by atoms with Crippen LogP contribution in [0.15, 0.2) is 24.3 Å². The number of rotatable bonds is 5. The maximum Gasteiger partial charge on any atom is 0.413 e. The number of benzene rings is 1. The van der Waals surface area contributed by atoms with Gasteiger partial charge >= 0.3 is 6.18 Å². The first-order valence-electron chi connectivity index (χ1n) is 4.68. The third-order valence-corrected chi connectivity index (χ3v) is 1.83. The van der Waals surface area contributed by atoms with Crippen molar-refractivity contribution in [2.24, 2.45) is 5.73 Å². The van der Waals surface area contributed by atoms with E-state index in [0.717, 1.165) is 0 Å². The van der Waals surface area contributed by atoms with Gasteiger partial charge in [0.15, 0.2) is 6.61 Å². The molecule has 7 heteroatoms. The van der Waals surface area contributed by atoms with Crippen molar-refractivity contribution >= 4 is 5.91 Å². The largest absolute Gasteiger partial charge is 0.413 e. The molecule has 0 unspecified atom stereocenters. The number of hydrogen-bond acceptors (Lipinski definition) is 3. The smallest absolute Gasteiger partial charge is 0.366 e. The normalized spacial score (nSPS) is 11.5. The molecule has 0 radical (unpaired) electrons. The summed E-state index contributed by atoms with van der Waals surface area (Å²) in [5.41, 5.74) is 8.10. The molecular formula is C10H11F3N2O2. The van der Waals surface area contributed by atoms with Crippen molar-refractivity contribution in [2.45, 2.75) is 12.7 Å². The van der Waals surface area contributed by atoms with Gasteiger partial charge in [-0.2, -0.15) is 18.7 Å². The van der Waals surface area contributed by atoms with Crippen molar-refractivity contribution in [3.05, 3.63) is 35.4 Å². The van der Waals surface area contributed by atoms with E-state index in [2.05, 4.69) is 10.3 Å². The minimum atomic E-state index is -4.37. The second-order valence-corrected chi connectivity index (χ2v) is 3.29. The fraction of sp³-hybridized carbons (Fsp3) is 0.300. The van der Waals surface area contributed by atoms with Crippen LogP contribution in [0, 0.1) is 0 Å². The lowest BCUT2D eigenvalue weighted by atomic mass is 10.1. The molecule has 0 spiro atoms. The van der Waals surface area contributed by atoms with Crippen LogP contribution in [0.1, 0.15) is 15.9 Å². The Morgan fingerprint density at radius 1 is 1.41 bits per heavy atom. The number of carbonyl (C=O) groups excluding carboxylic acids is 1. The number of alkyl halides is 3. The lowest BCUT2D eigenvalue weighted by Gasteiger charge is -2.08. The van der Waals surface area contributed by atoms with E-state index in [1.165, 1.54) is 12.1 Å². The van der Waals surface area contributed by atoms with Gasteiger partial charge in [0.25, 0.3) is 0 Å². The highest BCUT2D eigenvalue weighted by Gasteiger charge is 2.27. The topological polar surface area (TPSA) is 64.4 Å². The Hall–Kier alpha value is -1.60. The van der Waals surface area contributed by atoms with Crippen molar-refractivity contribution in [1.29, 1.82) is 0 Å². The molecule has 1 rings (SSSR count). The van der Waals surface area contributed by atoms with Crippen molar-refractivity contribution in [3.8, 4) is 0 Å². The third-order valence-electron chi connectivity index (χ3n) is 1.83. The van der Waals surface area contributed by atoms with E-state index in [1.807, 2.05) is 0 Å². The Bertz CT molecular complexity index is 393. The van der Waals surface area contributed by atoms with Gasteiger partial charge in [-0.05, 0) is 17.7 Å². The van der Waals surface area contributed by atoms with E-state index in [4.69, 9.17) is 5.73 Å². The highest BCUT2D eigenvalue weighted by atomic mass is 19.4. The molecule has 0 atom stereocenters. The lowest BCUT2D eigenvalue weighted by molar-refractivity contribution is -0.190. The number of carbonyl (C=O) groups is 1. The molecule has 0 aromatic heterocycles. The van der Waals surface area contributed by atoms with Gasteiger partial charge in [0.1, 0.15) is 0 Å². The molecule has 4 nitrogen and oxygen atoms in total. The fourth-order valence-corrected chi connectivity index (χ4v) is 1.10. The summed E-state index contributed by atoms with van der Waals surface area (Å²) < 4.78 is 35.2. The Labute approximate surface area is 95.5 Å². The van der Waals surface area contributed by atoms with Gasteiger partial charge in [-0.3, -0.25) is 9.63 Å². The zero-order valence-electron chi connectivity index (χ0n) is 8.75. The number of nitrogens with one attached hydrogen (secondary N) is 1. The third kappa shape index (κ3) is 5.32. The standard InChI is InChI=1S/C10H11F3N2O2/c11-10(12,13)6-17-15-5-7-2-1-3-8(4-7)9(14)16/h1-4,15H,5-6H2,(H2,14,16). The number of hydrogen-bond donors (Lipinski definition) is 2. The second-order valence-electron chi connectivity index (χ2n) is 3.29. The molecule has 3 N–H and O–H groups in total. The molecule has 0 aliphatic carbocycles. The van der Waals surface area contributed by atoms with E-state index in [1.54, 1.807) is 12.1 Å². The average Bonchev–Trinajstić information content (AvgIpc) is 2.23. The minimum Gasteiger partial charge on any atom is -0.366 e. The van der Waals surface area contributed by atoms with Crippen LogP contribution < -0.4 is 11.2 Å². The maximum atomic E-state index is 11.7. The molecule has 0 fully saturated rings. The Morgan fingerprint density at radius 3 is 2.71 bits per heavy atom. The van der Waals surface area contributed by atoms with Crippen LogP contribution in [0.4, 0.5) is 13.2 Å². The number of amides is 1. The number of hydroxylamine groups is 1. The van der Waals surface area contributed by atoms with Crippen LogP contribution in [0.25, 0.3) is 0 Å². The molecule has 0 heterocycles. The fourth-order valence-electron chi connectivity index (χ4n) is 1.10. The highest BCUT2D eigenvalue weighted by Crippen LogP contribution is 2.13. The number of halogens is 3. The first kappa shape index (κ1) is 13.5. The van der Waals surface area contributed by atoms with Crippen molar-refractivity contribution in [3.63, 3.8) is 0 Å². The van der Waals surface area contributed by atoms with Crippen LogP contribution in [0.5, 0.6) is 0 Å². The van der Waals surface area contributed by atoms with E-state index >= 15 is 0 Å². The van der Waals surface area contributed by atoms with Crippen LogP contribution in [-0.2, 0) is 11.4 Å². The summed E-state index contributed by atoms with van der Waals surface area (Å²) in [5.74, 6) is -0.594. The SMILES string of the molecule is NC(=O)c1cccc(CNOCC(F)(F)F)c1. The molecular weight excluding hydrogens is 237 g/mol. The summed E-state index contributed by atoms with van der Waals surface area (Å²) in [7, 11) is 0. The van der Waals surface area contributed by atoms with Gasteiger partial charge in [0.05, 0.1) is 0 Å². The molecule has 1 aromatic carbocycles. The summed E-state index contributed by atoms with van der Waals surface area (Å²) in [6.07, 6.45) is -4.37. The zero-order valence-corrected chi connectivity index (χ0v) is 8.75. The molecule has 0 aliphatic rings. The van der Waals surface area contributed by atoms with Gasteiger partial charge in [-0.15, -0.1) is 0 Å². The highest BCUT2D eigenvalue weighted by molar-refractivity contribution is 5.92. The van der Waals surface area contributed by atoms with Crippen molar-refractivity contribution in [1.82, 2.24) is 5.48 Å². The second kappa shape index (κ2) is 5.65. The van der Waals surface area contributed by atoms with E-state index in [-0.39, 0.29) is 6.54 Å². The molecule has 0 bridgehead atoms. The van der Waals surface area contributed by atoms with Gasteiger partial charge in [-0.25, -0.2) is 0 Å². The minimum absolute atomic E-state index is 0.0528. The van der Waals surface area contributed by atoms with Crippen LogP contribution >= 0.6 is 0 Å². The van der Waals surface area contributed by atoms with Crippen molar-refractivity contribution in [2.75, 3.05) is 6.61 Å². The first-order chi connectivity index (χ1) is 7.88. The molecule has 0 aliphatic heterocycles. The molecule has 94 valence electrons. The molecule has 0 saturated carbocycles. The average molecular weight is 248 g/mol. The predicted octanol–water partition coefficient (Wildman–Crippen LogP) is 1.37. The molecule has 17 heavy (non-hydrogen) atoms. The van der Waals surface area contributed by atoms with Crippen LogP contribution in [0.3, 0.4) is 0 Å². The van der Waals surface area contributed by atoms with Gasteiger partial charge in [-0.1, -0.05) is 12.1 Å². The zero-order chi connectivity index (χ0) is 12.9. The van der Waals surface area contributed by atoms with E-state index in [9.17, 15) is 18.0 Å². The first-order valence-corrected chi connectivity index (χ1v) is 4.68. The van der Waals surface area contributed by atoms with Gasteiger partial charge in [0, 0.05) is 12.1 Å². The van der Waals surface area contributed by atoms with Gasteiger partial charge < -0.3 is 5.73 Å². The Kier molecular flexibility index (Phi) is 4.47. The van der Waals surface area contributed by atoms with Gasteiger partial charge in [0.2, 0.25) is 5.91 Å². The lowest BCUT2D eigenvalue weighted by Crippen LogP contribution is -2.24. The van der Waals surface area contributed by atoms with Crippen LogP contribution in [-0.4, -0.2) is 18.7 Å². The summed E-state index contributed by atoms with van der Waals surface area (Å²) in [6, 6.07) is 6.21. The van der Waals surface area contributed by atoms with Crippen molar-refractivity contribution < 1.29 is 22.8 Å². The maximum absolute atomic E-state index is 11.7. The Balaban J connectivity index is 2.42. The Morgan fingerprint density at radius 2 is 2.12 bits per heavy atom. The quantitative estimate of drug-likeness (QED) is 0.611. The monoisotopic (exact) mass is 248 g/mol. The summed E-state index contributed by atoms with van der Waals surface area (Å²) in [6.45, 7) is -1.32. The van der Waals surface area contributed by atoms with E-state index in [0.29, 0.717) is 11.1 Å².